The van der Waals surface area contributed by atoms with Gasteiger partial charge in [-0.25, -0.2) is 4.79 Å². The first-order valence-corrected chi connectivity index (χ1v) is 8.91. The Labute approximate surface area is 156 Å². The highest BCUT2D eigenvalue weighted by Crippen LogP contribution is 2.30. The molecule has 0 aliphatic heterocycles. The summed E-state index contributed by atoms with van der Waals surface area (Å²) in [7, 11) is 2.90. The van der Waals surface area contributed by atoms with Crippen LogP contribution in [0.4, 0.5) is 8.78 Å². The lowest BCUT2D eigenvalue weighted by molar-refractivity contribution is 0.0599. The van der Waals surface area contributed by atoms with Crippen molar-refractivity contribution in [3.05, 3.63) is 71.8 Å². The normalized spacial score (nSPS) is 11.5. The second-order valence-electron chi connectivity index (χ2n) is 5.48. The summed E-state index contributed by atoms with van der Waals surface area (Å²) in [5.41, 5.74) is 1.25. The molecule has 2 aromatic carbocycles. The van der Waals surface area contributed by atoms with E-state index in [0.29, 0.717) is 24.2 Å². The number of thioether (sulfide) groups is 1. The van der Waals surface area contributed by atoms with E-state index >= 15 is 0 Å². The first kappa shape index (κ1) is 20.0. The Kier molecular flexibility index (Phi) is 7.66. The van der Waals surface area contributed by atoms with E-state index < -0.39 is 17.3 Å². The maximum absolute atomic E-state index is 12.8. The van der Waals surface area contributed by atoms with Gasteiger partial charge in [0.25, 0.3) is 6.08 Å². The van der Waals surface area contributed by atoms with Gasteiger partial charge in [0.1, 0.15) is 5.75 Å². The van der Waals surface area contributed by atoms with Crippen LogP contribution in [0.3, 0.4) is 0 Å². The van der Waals surface area contributed by atoms with Crippen molar-refractivity contribution in [3.8, 4) is 5.75 Å². The molecular formula is C20H20F2O3S. The van der Waals surface area contributed by atoms with Crippen LogP contribution in [0.25, 0.3) is 0 Å². The Balaban J connectivity index is 2.11. The number of carbonyl (C=O) groups excluding carboxylic acids is 1. The number of hydrogen-bond donors (Lipinski definition) is 0. The molecule has 26 heavy (non-hydrogen) atoms. The van der Waals surface area contributed by atoms with E-state index in [0.717, 1.165) is 16.5 Å². The average molecular weight is 378 g/mol. The maximum atomic E-state index is 12.8. The summed E-state index contributed by atoms with van der Waals surface area (Å²) in [6.07, 6.45) is 0.192. The van der Waals surface area contributed by atoms with Gasteiger partial charge in [0.15, 0.2) is 0 Å². The van der Waals surface area contributed by atoms with Crippen LogP contribution in [0.2, 0.25) is 0 Å². The van der Waals surface area contributed by atoms with Crippen molar-refractivity contribution in [2.75, 3.05) is 14.2 Å². The molecule has 0 saturated carbocycles. The molecule has 2 rings (SSSR count). The standard InChI is InChI=1S/C20H20F2O3S/c1-24-15-8-11-16(12-9-15)26-17(13-19(21)22)10-7-14-5-3-4-6-18(14)20(23)25-2/h3-6,8-9,11-13,17H,7,10H2,1-2H3/t17-/m1/s1. The Morgan fingerprint density at radius 3 is 2.42 bits per heavy atom. The van der Waals surface area contributed by atoms with Crippen LogP contribution < -0.4 is 4.74 Å². The van der Waals surface area contributed by atoms with E-state index in [1.165, 1.54) is 18.9 Å². The average Bonchev–Trinajstić information content (AvgIpc) is 2.66. The van der Waals surface area contributed by atoms with Crippen LogP contribution >= 0.6 is 11.8 Å². The van der Waals surface area contributed by atoms with Crippen LogP contribution in [0.5, 0.6) is 5.75 Å². The van der Waals surface area contributed by atoms with Crippen LogP contribution in [-0.2, 0) is 11.2 Å². The van der Waals surface area contributed by atoms with Crippen LogP contribution in [0.1, 0.15) is 22.3 Å². The Bertz CT molecular complexity index is 756. The number of halogens is 2. The molecule has 0 heterocycles. The van der Waals surface area contributed by atoms with E-state index in [2.05, 4.69) is 0 Å². The van der Waals surface area contributed by atoms with Gasteiger partial charge in [-0.1, -0.05) is 18.2 Å². The van der Waals surface area contributed by atoms with Gasteiger partial charge in [-0.2, -0.15) is 8.78 Å². The molecule has 0 unspecified atom stereocenters. The first-order valence-electron chi connectivity index (χ1n) is 8.03. The predicted octanol–water partition coefficient (Wildman–Crippen LogP) is 5.36. The van der Waals surface area contributed by atoms with Crippen molar-refractivity contribution in [2.45, 2.75) is 23.0 Å². The van der Waals surface area contributed by atoms with Crippen molar-refractivity contribution in [2.24, 2.45) is 0 Å². The van der Waals surface area contributed by atoms with E-state index in [1.807, 2.05) is 24.3 Å². The van der Waals surface area contributed by atoms with Crippen molar-refractivity contribution in [1.29, 1.82) is 0 Å². The number of rotatable bonds is 8. The monoisotopic (exact) mass is 378 g/mol. The molecule has 0 N–H and O–H groups in total. The number of hydrogen-bond acceptors (Lipinski definition) is 4. The molecule has 6 heteroatoms. The number of aryl methyl sites for hydroxylation is 1. The van der Waals surface area contributed by atoms with E-state index in [9.17, 15) is 13.6 Å². The van der Waals surface area contributed by atoms with Gasteiger partial charge in [0, 0.05) is 10.1 Å². The highest BCUT2D eigenvalue weighted by atomic mass is 32.2. The van der Waals surface area contributed by atoms with Crippen LogP contribution in [-0.4, -0.2) is 25.4 Å². The van der Waals surface area contributed by atoms with E-state index in [1.54, 1.807) is 31.4 Å². The van der Waals surface area contributed by atoms with Crippen molar-refractivity contribution in [1.82, 2.24) is 0 Å². The minimum atomic E-state index is -1.71. The number of esters is 1. The minimum Gasteiger partial charge on any atom is -0.497 e. The quantitative estimate of drug-likeness (QED) is 0.458. The number of carbonyl (C=O) groups is 1. The summed E-state index contributed by atoms with van der Waals surface area (Å²) in [5.74, 6) is 0.289. The fraction of sp³-hybridized carbons (Fsp3) is 0.250. The molecule has 0 aliphatic carbocycles. The lowest BCUT2D eigenvalue weighted by atomic mass is 10.0. The zero-order valence-corrected chi connectivity index (χ0v) is 15.4. The van der Waals surface area contributed by atoms with Gasteiger partial charge in [-0.15, -0.1) is 11.8 Å². The molecule has 0 fully saturated rings. The lowest BCUT2D eigenvalue weighted by Crippen LogP contribution is -2.08. The molecule has 3 nitrogen and oxygen atoms in total. The highest BCUT2D eigenvalue weighted by molar-refractivity contribution is 8.00. The maximum Gasteiger partial charge on any atom is 0.338 e. The molecule has 2 aromatic rings. The molecule has 0 saturated heterocycles. The molecule has 138 valence electrons. The zero-order chi connectivity index (χ0) is 18.9. The summed E-state index contributed by atoms with van der Waals surface area (Å²) in [6, 6.07) is 14.3. The fourth-order valence-electron chi connectivity index (χ4n) is 2.49. The molecule has 0 aromatic heterocycles. The van der Waals surface area contributed by atoms with Crippen molar-refractivity contribution < 1.29 is 23.0 Å². The van der Waals surface area contributed by atoms with Crippen LogP contribution in [0.15, 0.2) is 65.6 Å². The Morgan fingerprint density at radius 2 is 1.81 bits per heavy atom. The summed E-state index contributed by atoms with van der Waals surface area (Å²) in [5, 5.41) is -0.418. The third kappa shape index (κ3) is 5.88. The van der Waals surface area contributed by atoms with Gasteiger partial charge >= 0.3 is 5.97 Å². The highest BCUT2D eigenvalue weighted by Gasteiger charge is 2.15. The summed E-state index contributed by atoms with van der Waals surface area (Å²) < 4.78 is 35.6. The van der Waals surface area contributed by atoms with Gasteiger partial charge in [-0.05, 0) is 54.8 Å². The third-order valence-electron chi connectivity index (χ3n) is 3.78. The lowest BCUT2D eigenvalue weighted by Gasteiger charge is -2.14. The van der Waals surface area contributed by atoms with E-state index in [4.69, 9.17) is 9.47 Å². The predicted molar refractivity (Wildman–Crippen MR) is 99.0 cm³/mol. The molecule has 0 radical (unpaired) electrons. The largest absolute Gasteiger partial charge is 0.497 e. The Morgan fingerprint density at radius 1 is 1.12 bits per heavy atom. The van der Waals surface area contributed by atoms with Gasteiger partial charge in [0.2, 0.25) is 0 Å². The molecule has 0 bridgehead atoms. The van der Waals surface area contributed by atoms with Crippen molar-refractivity contribution in [3.63, 3.8) is 0 Å². The number of methoxy groups -OCH3 is 2. The minimum absolute atomic E-state index is 0.418. The fourth-order valence-corrected chi connectivity index (χ4v) is 3.54. The molecular weight excluding hydrogens is 358 g/mol. The summed E-state index contributed by atoms with van der Waals surface area (Å²) in [6.45, 7) is 0. The van der Waals surface area contributed by atoms with E-state index in [-0.39, 0.29) is 0 Å². The molecule has 0 amide bonds. The number of benzene rings is 2. The summed E-state index contributed by atoms with van der Waals surface area (Å²) >= 11 is 1.35. The molecule has 1 atom stereocenters. The SMILES string of the molecule is COC(=O)c1ccccc1CC[C@H](C=C(F)F)Sc1ccc(OC)cc1. The number of ether oxygens (including phenoxy) is 2. The second kappa shape index (κ2) is 9.97. The first-order chi connectivity index (χ1) is 12.5. The van der Waals surface area contributed by atoms with Crippen molar-refractivity contribution >= 4 is 17.7 Å². The van der Waals surface area contributed by atoms with Gasteiger partial charge in [0.05, 0.1) is 19.8 Å². The van der Waals surface area contributed by atoms with Gasteiger partial charge < -0.3 is 9.47 Å². The second-order valence-corrected chi connectivity index (χ2v) is 6.79. The zero-order valence-electron chi connectivity index (χ0n) is 14.6. The molecule has 0 aliphatic rings. The summed E-state index contributed by atoms with van der Waals surface area (Å²) in [4.78, 5) is 12.7. The van der Waals surface area contributed by atoms with Crippen LogP contribution in [0, 0.1) is 0 Å². The molecule has 0 spiro atoms. The topological polar surface area (TPSA) is 35.5 Å². The smallest absolute Gasteiger partial charge is 0.338 e. The third-order valence-corrected chi connectivity index (χ3v) is 5.00. The van der Waals surface area contributed by atoms with Gasteiger partial charge in [-0.3, -0.25) is 0 Å². The Hall–Kier alpha value is -2.34.